The summed E-state index contributed by atoms with van der Waals surface area (Å²) in [5.41, 5.74) is 3.96. The van der Waals surface area contributed by atoms with Crippen molar-refractivity contribution in [3.8, 4) is 22.3 Å². The second kappa shape index (κ2) is 6.37. The maximum atomic E-state index is 12.3. The molecule has 0 bridgehead atoms. The van der Waals surface area contributed by atoms with Crippen molar-refractivity contribution in [2.75, 3.05) is 7.11 Å². The molecule has 5 nitrogen and oxygen atoms in total. The fraction of sp³-hybridized carbons (Fsp3) is 0.0476. The number of benzene rings is 3. The van der Waals surface area contributed by atoms with Gasteiger partial charge in [-0.15, -0.1) is 0 Å². The van der Waals surface area contributed by atoms with Crippen LogP contribution in [-0.2, 0) is 4.74 Å². The highest BCUT2D eigenvalue weighted by molar-refractivity contribution is 6.06. The third-order valence-electron chi connectivity index (χ3n) is 4.19. The molecule has 26 heavy (non-hydrogen) atoms. The molecule has 0 aliphatic rings. The number of ether oxygens (including phenoxy) is 1. The molecule has 5 heteroatoms. The number of carbonyl (C=O) groups is 1. The first-order valence-electron chi connectivity index (χ1n) is 7.99. The number of fused-ring (bicyclic) bond motifs is 1. The smallest absolute Gasteiger partial charge is 0.465 e. The van der Waals surface area contributed by atoms with E-state index < -0.39 is 11.8 Å². The SMILES string of the molecule is COC(=O)c1ccccc1-c1c(-c2ccccc2)ccc2oc(=O)oc12. The van der Waals surface area contributed by atoms with Crippen molar-refractivity contribution < 1.29 is 18.4 Å². The number of rotatable bonds is 3. The van der Waals surface area contributed by atoms with Gasteiger partial charge in [0.05, 0.1) is 12.7 Å². The molecule has 1 heterocycles. The molecule has 0 aliphatic carbocycles. The third-order valence-corrected chi connectivity index (χ3v) is 4.19. The number of methoxy groups -OCH3 is 1. The topological polar surface area (TPSA) is 69.7 Å². The lowest BCUT2D eigenvalue weighted by atomic mass is 9.91. The van der Waals surface area contributed by atoms with Gasteiger partial charge in [0.2, 0.25) is 0 Å². The lowest BCUT2D eigenvalue weighted by Gasteiger charge is -2.13. The van der Waals surface area contributed by atoms with Crippen LogP contribution >= 0.6 is 0 Å². The Morgan fingerprint density at radius 2 is 1.58 bits per heavy atom. The quantitative estimate of drug-likeness (QED) is 0.511. The summed E-state index contributed by atoms with van der Waals surface area (Å²) in [6.07, 6.45) is 0. The van der Waals surface area contributed by atoms with Crippen molar-refractivity contribution in [1.82, 2.24) is 0 Å². The van der Waals surface area contributed by atoms with E-state index in [9.17, 15) is 9.59 Å². The van der Waals surface area contributed by atoms with Crippen molar-refractivity contribution in [3.05, 3.63) is 82.9 Å². The monoisotopic (exact) mass is 346 g/mol. The molecule has 4 aromatic rings. The van der Waals surface area contributed by atoms with Crippen LogP contribution in [0.15, 0.2) is 80.4 Å². The van der Waals surface area contributed by atoms with Gasteiger partial charge in [-0.2, -0.15) is 0 Å². The van der Waals surface area contributed by atoms with Gasteiger partial charge >= 0.3 is 11.8 Å². The zero-order valence-corrected chi connectivity index (χ0v) is 13.9. The first-order chi connectivity index (χ1) is 12.7. The lowest BCUT2D eigenvalue weighted by Crippen LogP contribution is -2.04. The molecular weight excluding hydrogens is 332 g/mol. The maximum Gasteiger partial charge on any atom is 0.519 e. The van der Waals surface area contributed by atoms with Gasteiger partial charge in [-0.1, -0.05) is 48.5 Å². The molecule has 0 unspecified atom stereocenters. The molecular formula is C21H14O5. The molecule has 0 N–H and O–H groups in total. The third kappa shape index (κ3) is 2.59. The van der Waals surface area contributed by atoms with Crippen molar-refractivity contribution in [2.24, 2.45) is 0 Å². The second-order valence-electron chi connectivity index (χ2n) is 5.67. The summed E-state index contributed by atoms with van der Waals surface area (Å²) in [6, 6.07) is 20.2. The average Bonchev–Trinajstić information content (AvgIpc) is 3.07. The molecule has 3 aromatic carbocycles. The van der Waals surface area contributed by atoms with Gasteiger partial charge in [0, 0.05) is 11.1 Å². The van der Waals surface area contributed by atoms with Gasteiger partial charge in [-0.25, -0.2) is 9.59 Å². The lowest BCUT2D eigenvalue weighted by molar-refractivity contribution is 0.0601. The first-order valence-corrected chi connectivity index (χ1v) is 7.99. The molecule has 4 rings (SSSR count). The Morgan fingerprint density at radius 1 is 0.846 bits per heavy atom. The number of esters is 1. The molecule has 0 fully saturated rings. The molecule has 0 atom stereocenters. The number of carbonyl (C=O) groups excluding carboxylic acids is 1. The van der Waals surface area contributed by atoms with Gasteiger partial charge in [0.15, 0.2) is 11.2 Å². The van der Waals surface area contributed by atoms with Crippen LogP contribution in [0, 0.1) is 0 Å². The minimum Gasteiger partial charge on any atom is -0.465 e. The summed E-state index contributed by atoms with van der Waals surface area (Å²) >= 11 is 0. The Morgan fingerprint density at radius 3 is 2.35 bits per heavy atom. The highest BCUT2D eigenvalue weighted by atomic mass is 16.6. The van der Waals surface area contributed by atoms with Gasteiger partial charge in [-0.3, -0.25) is 0 Å². The van der Waals surface area contributed by atoms with Crippen LogP contribution in [0.2, 0.25) is 0 Å². The van der Waals surface area contributed by atoms with Gasteiger partial charge in [0.25, 0.3) is 0 Å². The van der Waals surface area contributed by atoms with E-state index in [0.717, 1.165) is 11.1 Å². The molecule has 0 amide bonds. The highest BCUT2D eigenvalue weighted by Gasteiger charge is 2.21. The number of hydrogen-bond acceptors (Lipinski definition) is 5. The van der Waals surface area contributed by atoms with Crippen LogP contribution in [0.1, 0.15) is 10.4 Å². The standard InChI is InChI=1S/C21H14O5/c1-24-20(22)16-10-6-5-9-15(16)18-14(13-7-3-2-4-8-13)11-12-17-19(18)26-21(23)25-17/h2-12H,1H3. The summed E-state index contributed by atoms with van der Waals surface area (Å²) in [5.74, 6) is -1.26. The predicted octanol–water partition coefficient (Wildman–Crippen LogP) is 4.51. The fourth-order valence-corrected chi connectivity index (χ4v) is 3.05. The Bertz CT molecular complexity index is 1150. The van der Waals surface area contributed by atoms with Crippen LogP contribution < -0.4 is 5.82 Å². The van der Waals surface area contributed by atoms with Gasteiger partial charge in [0.1, 0.15) is 0 Å². The van der Waals surface area contributed by atoms with Crippen molar-refractivity contribution in [2.45, 2.75) is 0 Å². The van der Waals surface area contributed by atoms with Gasteiger partial charge < -0.3 is 13.6 Å². The molecule has 0 aliphatic heterocycles. The second-order valence-corrected chi connectivity index (χ2v) is 5.67. The van der Waals surface area contributed by atoms with E-state index in [1.807, 2.05) is 42.5 Å². The minimum absolute atomic E-state index is 0.299. The Kier molecular flexibility index (Phi) is 3.89. The maximum absolute atomic E-state index is 12.3. The molecule has 1 aromatic heterocycles. The van der Waals surface area contributed by atoms with Crippen LogP contribution in [0.4, 0.5) is 0 Å². The summed E-state index contributed by atoms with van der Waals surface area (Å²) in [7, 11) is 1.33. The molecule has 0 saturated heterocycles. The first kappa shape index (κ1) is 15.9. The van der Waals surface area contributed by atoms with E-state index in [1.54, 1.807) is 24.3 Å². The molecule has 0 radical (unpaired) electrons. The van der Waals surface area contributed by atoms with E-state index in [1.165, 1.54) is 7.11 Å². The Labute approximate surface area is 148 Å². The van der Waals surface area contributed by atoms with E-state index in [0.29, 0.717) is 27.9 Å². The van der Waals surface area contributed by atoms with E-state index in [2.05, 4.69) is 0 Å². The van der Waals surface area contributed by atoms with E-state index >= 15 is 0 Å². The van der Waals surface area contributed by atoms with Crippen molar-refractivity contribution in [1.29, 1.82) is 0 Å². The zero-order valence-electron chi connectivity index (χ0n) is 13.9. The van der Waals surface area contributed by atoms with Crippen LogP contribution in [0.3, 0.4) is 0 Å². The Hall–Kier alpha value is -3.60. The average molecular weight is 346 g/mol. The summed E-state index contributed by atoms with van der Waals surface area (Å²) in [4.78, 5) is 23.9. The van der Waals surface area contributed by atoms with E-state index in [-0.39, 0.29) is 0 Å². The summed E-state index contributed by atoms with van der Waals surface area (Å²) in [6.45, 7) is 0. The van der Waals surface area contributed by atoms with Gasteiger partial charge in [-0.05, 0) is 29.3 Å². The normalized spacial score (nSPS) is 10.8. The molecule has 128 valence electrons. The van der Waals surface area contributed by atoms with Crippen molar-refractivity contribution in [3.63, 3.8) is 0 Å². The highest BCUT2D eigenvalue weighted by Crippen LogP contribution is 2.39. The Balaban J connectivity index is 2.12. The largest absolute Gasteiger partial charge is 0.519 e. The number of hydrogen-bond donors (Lipinski definition) is 0. The van der Waals surface area contributed by atoms with Crippen molar-refractivity contribution >= 4 is 17.1 Å². The molecule has 0 spiro atoms. The predicted molar refractivity (Wildman–Crippen MR) is 97.0 cm³/mol. The van der Waals surface area contributed by atoms with E-state index in [4.69, 9.17) is 13.6 Å². The van der Waals surface area contributed by atoms with Crippen LogP contribution in [0.5, 0.6) is 0 Å². The minimum atomic E-state index is -0.790. The van der Waals surface area contributed by atoms with Crippen LogP contribution in [0.25, 0.3) is 33.4 Å². The fourth-order valence-electron chi connectivity index (χ4n) is 3.05. The zero-order chi connectivity index (χ0) is 18.1. The van der Waals surface area contributed by atoms with Crippen LogP contribution in [-0.4, -0.2) is 13.1 Å². The summed E-state index contributed by atoms with van der Waals surface area (Å²) in [5, 5.41) is 0. The molecule has 0 saturated carbocycles. The summed E-state index contributed by atoms with van der Waals surface area (Å²) < 4.78 is 15.3.